The lowest BCUT2D eigenvalue weighted by Gasteiger charge is -2.19. The van der Waals surface area contributed by atoms with Gasteiger partial charge in [-0.2, -0.15) is 0 Å². The highest BCUT2D eigenvalue weighted by atomic mass is 16.5. The summed E-state index contributed by atoms with van der Waals surface area (Å²) < 4.78 is 6.58. The summed E-state index contributed by atoms with van der Waals surface area (Å²) in [5.74, 6) is 1.69. The summed E-state index contributed by atoms with van der Waals surface area (Å²) in [5, 5.41) is 9.36. The van der Waals surface area contributed by atoms with Gasteiger partial charge in [-0.15, -0.1) is 0 Å². The minimum Gasteiger partial charge on any atom is -0.456 e. The smallest absolute Gasteiger partial charge is 0.143 e. The molecule has 7 rings (SSSR count). The van der Waals surface area contributed by atoms with Gasteiger partial charge in [-0.1, -0.05) is 90.5 Å². The molecule has 1 aromatic heterocycles. The van der Waals surface area contributed by atoms with Gasteiger partial charge in [0, 0.05) is 28.6 Å². The zero-order valence-corrected chi connectivity index (χ0v) is 19.9. The van der Waals surface area contributed by atoms with Crippen molar-refractivity contribution in [2.45, 2.75) is 6.92 Å². The molecule has 2 nitrogen and oxygen atoms in total. The maximum absolute atomic E-state index is 6.58. The number of benzene rings is 6. The first-order chi connectivity index (χ1) is 17.8. The molecular weight excluding hydrogens is 438 g/mol. The van der Waals surface area contributed by atoms with Gasteiger partial charge in [-0.3, -0.25) is 4.98 Å². The van der Waals surface area contributed by atoms with E-state index in [0.717, 1.165) is 33.0 Å². The molecule has 0 amide bonds. The zero-order chi connectivity index (χ0) is 24.1. The molecule has 7 aromatic rings. The van der Waals surface area contributed by atoms with E-state index in [-0.39, 0.29) is 0 Å². The number of hydrogen-bond donors (Lipinski definition) is 0. The van der Waals surface area contributed by atoms with Gasteiger partial charge in [0.1, 0.15) is 11.5 Å². The molecule has 0 saturated heterocycles. The number of hydrogen-bond acceptors (Lipinski definition) is 2. The molecule has 0 aliphatic carbocycles. The molecule has 0 unspecified atom stereocenters. The Morgan fingerprint density at radius 2 is 1.19 bits per heavy atom. The van der Waals surface area contributed by atoms with Gasteiger partial charge < -0.3 is 4.74 Å². The minimum absolute atomic E-state index is 0.827. The molecule has 0 N–H and O–H groups in total. The summed E-state index contributed by atoms with van der Waals surface area (Å²) in [6, 6.07) is 38.5. The topological polar surface area (TPSA) is 22.1 Å². The van der Waals surface area contributed by atoms with Crippen LogP contribution in [0, 0.1) is 6.92 Å². The maximum atomic E-state index is 6.58. The molecule has 6 aromatic carbocycles. The summed E-state index contributed by atoms with van der Waals surface area (Å²) in [4.78, 5) is 4.55. The Morgan fingerprint density at radius 3 is 2.00 bits per heavy atom. The molecule has 0 bridgehead atoms. The Labute approximate surface area is 209 Å². The molecule has 0 radical (unpaired) electrons. The normalized spacial score (nSPS) is 11.5. The van der Waals surface area contributed by atoms with Gasteiger partial charge in [0.25, 0.3) is 0 Å². The lowest BCUT2D eigenvalue weighted by atomic mass is 9.87. The molecule has 0 spiro atoms. The molecular formula is C34H23NO. The van der Waals surface area contributed by atoms with E-state index in [1.54, 1.807) is 0 Å². The number of rotatable bonds is 3. The first-order valence-corrected chi connectivity index (χ1v) is 12.2. The van der Waals surface area contributed by atoms with Crippen LogP contribution in [0.25, 0.3) is 54.2 Å². The van der Waals surface area contributed by atoms with Gasteiger partial charge in [-0.25, -0.2) is 0 Å². The van der Waals surface area contributed by atoms with E-state index in [2.05, 4.69) is 109 Å². The fraction of sp³-hybridized carbons (Fsp3) is 0.0294. The van der Waals surface area contributed by atoms with Gasteiger partial charge in [-0.05, 0) is 69.2 Å². The van der Waals surface area contributed by atoms with Crippen LogP contribution in [-0.2, 0) is 0 Å². The zero-order valence-electron chi connectivity index (χ0n) is 19.9. The average Bonchev–Trinajstić information content (AvgIpc) is 2.94. The van der Waals surface area contributed by atoms with Crippen LogP contribution in [0.15, 0.2) is 122 Å². The molecule has 0 aliphatic rings. The first-order valence-electron chi connectivity index (χ1n) is 12.2. The standard InChI is InChI=1S/C34H23NO/c1-22-14-16-24(17-15-22)36-34-29-13-7-6-12-28(29)33(32-21-35-19-18-30(32)34)31-20-23-8-2-3-9-25(23)26-10-4-5-11-27(26)31/h2-21H,1H3. The lowest BCUT2D eigenvalue weighted by molar-refractivity contribution is 0.493. The largest absolute Gasteiger partial charge is 0.456 e. The molecule has 0 fully saturated rings. The quantitative estimate of drug-likeness (QED) is 0.193. The van der Waals surface area contributed by atoms with Crippen molar-refractivity contribution in [1.29, 1.82) is 0 Å². The SMILES string of the molecule is Cc1ccc(Oc2c3ccccc3c(-c3cc4ccccc4c4ccccc34)c3cnccc23)cc1. The molecule has 170 valence electrons. The van der Waals surface area contributed by atoms with Crippen molar-refractivity contribution in [3.05, 3.63) is 127 Å². The summed E-state index contributed by atoms with van der Waals surface area (Å²) in [6.45, 7) is 2.09. The van der Waals surface area contributed by atoms with Crippen LogP contribution < -0.4 is 4.74 Å². The van der Waals surface area contributed by atoms with Crippen molar-refractivity contribution in [3.63, 3.8) is 0 Å². The molecule has 36 heavy (non-hydrogen) atoms. The van der Waals surface area contributed by atoms with Crippen LogP contribution in [0.4, 0.5) is 0 Å². The van der Waals surface area contributed by atoms with Crippen molar-refractivity contribution < 1.29 is 4.74 Å². The second-order valence-electron chi connectivity index (χ2n) is 9.28. The van der Waals surface area contributed by atoms with Crippen molar-refractivity contribution >= 4 is 43.1 Å². The predicted octanol–water partition coefficient (Wildman–Crippen LogP) is 9.46. The minimum atomic E-state index is 0.827. The first kappa shape index (κ1) is 20.7. The maximum Gasteiger partial charge on any atom is 0.143 e. The number of aryl methyl sites for hydroxylation is 1. The molecule has 0 aliphatic heterocycles. The highest BCUT2D eigenvalue weighted by Crippen LogP contribution is 2.46. The van der Waals surface area contributed by atoms with E-state index in [1.165, 1.54) is 38.2 Å². The third-order valence-electron chi connectivity index (χ3n) is 7.05. The number of pyridine rings is 1. The number of fused-ring (bicyclic) bond motifs is 5. The Bertz CT molecular complexity index is 1860. The number of aromatic nitrogens is 1. The summed E-state index contributed by atoms with van der Waals surface area (Å²) in [6.07, 6.45) is 3.82. The molecule has 2 heteroatoms. The Hall–Kier alpha value is -4.69. The van der Waals surface area contributed by atoms with E-state index in [9.17, 15) is 0 Å². The van der Waals surface area contributed by atoms with E-state index >= 15 is 0 Å². The molecule has 0 saturated carbocycles. The van der Waals surface area contributed by atoms with Crippen molar-refractivity contribution in [3.8, 4) is 22.6 Å². The molecule has 0 atom stereocenters. The van der Waals surface area contributed by atoms with E-state index < -0.39 is 0 Å². The van der Waals surface area contributed by atoms with Crippen LogP contribution in [0.2, 0.25) is 0 Å². The van der Waals surface area contributed by atoms with Crippen molar-refractivity contribution in [1.82, 2.24) is 4.98 Å². The van der Waals surface area contributed by atoms with E-state index in [1.807, 2.05) is 24.5 Å². The Balaban J connectivity index is 1.61. The van der Waals surface area contributed by atoms with Crippen molar-refractivity contribution in [2.75, 3.05) is 0 Å². The Kier molecular flexibility index (Phi) is 4.71. The predicted molar refractivity (Wildman–Crippen MR) is 151 cm³/mol. The van der Waals surface area contributed by atoms with Crippen molar-refractivity contribution in [2.24, 2.45) is 0 Å². The third-order valence-corrected chi connectivity index (χ3v) is 7.05. The van der Waals surface area contributed by atoms with Gasteiger partial charge >= 0.3 is 0 Å². The van der Waals surface area contributed by atoms with E-state index in [0.29, 0.717) is 0 Å². The Morgan fingerprint density at radius 1 is 0.556 bits per heavy atom. The highest BCUT2D eigenvalue weighted by Gasteiger charge is 2.19. The van der Waals surface area contributed by atoms with E-state index in [4.69, 9.17) is 4.74 Å². The average molecular weight is 462 g/mol. The summed E-state index contributed by atoms with van der Waals surface area (Å²) in [5.41, 5.74) is 3.60. The number of ether oxygens (including phenoxy) is 1. The van der Waals surface area contributed by atoms with Crippen LogP contribution >= 0.6 is 0 Å². The van der Waals surface area contributed by atoms with Gasteiger partial charge in [0.15, 0.2) is 0 Å². The van der Waals surface area contributed by atoms with Gasteiger partial charge in [0.05, 0.1) is 0 Å². The van der Waals surface area contributed by atoms with Gasteiger partial charge in [0.2, 0.25) is 0 Å². The van der Waals surface area contributed by atoms with Crippen LogP contribution in [0.5, 0.6) is 11.5 Å². The fourth-order valence-corrected chi connectivity index (χ4v) is 5.37. The summed E-state index contributed by atoms with van der Waals surface area (Å²) in [7, 11) is 0. The van der Waals surface area contributed by atoms with Crippen LogP contribution in [0.1, 0.15) is 5.56 Å². The number of nitrogens with zero attached hydrogens (tertiary/aromatic N) is 1. The summed E-state index contributed by atoms with van der Waals surface area (Å²) >= 11 is 0. The second-order valence-corrected chi connectivity index (χ2v) is 9.28. The molecule has 1 heterocycles. The third kappa shape index (κ3) is 3.23. The lowest BCUT2D eigenvalue weighted by Crippen LogP contribution is -1.94. The second kappa shape index (κ2) is 8.21. The van der Waals surface area contributed by atoms with Crippen LogP contribution in [-0.4, -0.2) is 4.98 Å². The van der Waals surface area contributed by atoms with Crippen LogP contribution in [0.3, 0.4) is 0 Å². The highest BCUT2D eigenvalue weighted by molar-refractivity contribution is 6.23. The monoisotopic (exact) mass is 461 g/mol. The fourth-order valence-electron chi connectivity index (χ4n) is 5.37.